The van der Waals surface area contributed by atoms with Crippen LogP contribution in [-0.4, -0.2) is 56.7 Å². The highest BCUT2D eigenvalue weighted by atomic mass is 32.1. The minimum absolute atomic E-state index is 0.0191. The zero-order chi connectivity index (χ0) is 24.8. The van der Waals surface area contributed by atoms with Crippen molar-refractivity contribution < 1.29 is 19.4 Å². The van der Waals surface area contributed by atoms with E-state index in [4.69, 9.17) is 9.72 Å². The maximum Gasteiger partial charge on any atom is 0.347 e. The van der Waals surface area contributed by atoms with Gasteiger partial charge in [-0.1, -0.05) is 30.7 Å². The van der Waals surface area contributed by atoms with Gasteiger partial charge in [0.05, 0.1) is 12.3 Å². The highest BCUT2D eigenvalue weighted by Crippen LogP contribution is 2.34. The highest BCUT2D eigenvalue weighted by Gasteiger charge is 2.27. The molecule has 0 aromatic carbocycles. The number of carbonyl (C=O) groups excluding carboxylic acids is 1. The minimum Gasteiger partial charge on any atom is -0.477 e. The number of pyridine rings is 1. The van der Waals surface area contributed by atoms with E-state index < -0.39 is 5.97 Å². The van der Waals surface area contributed by atoms with E-state index in [1.807, 2.05) is 25.3 Å². The second-order valence-electron chi connectivity index (χ2n) is 8.02. The quantitative estimate of drug-likeness (QED) is 0.265. The number of carboxylic acid groups (broad SMARTS) is 1. The fourth-order valence-corrected chi connectivity index (χ4v) is 4.46. The summed E-state index contributed by atoms with van der Waals surface area (Å²) in [6, 6.07) is 3.89. The zero-order valence-corrected chi connectivity index (χ0v) is 20.4. The molecule has 1 aliphatic heterocycles. The number of aromatic nitrogens is 4. The van der Waals surface area contributed by atoms with Crippen LogP contribution in [0, 0.1) is 6.92 Å². The van der Waals surface area contributed by atoms with Gasteiger partial charge in [0.15, 0.2) is 5.13 Å². The van der Waals surface area contributed by atoms with Gasteiger partial charge in [-0.05, 0) is 31.4 Å². The molecule has 184 valence electrons. The molecule has 0 fully saturated rings. The van der Waals surface area contributed by atoms with E-state index >= 15 is 0 Å². The van der Waals surface area contributed by atoms with Gasteiger partial charge in [-0.3, -0.25) is 15.1 Å². The number of carboxylic acids is 1. The third-order valence-electron chi connectivity index (χ3n) is 5.38. The number of nitrogens with zero attached hydrogens (tertiary/aromatic N) is 5. The Morgan fingerprint density at radius 2 is 2.14 bits per heavy atom. The summed E-state index contributed by atoms with van der Waals surface area (Å²) in [5.74, 6) is 0.140. The van der Waals surface area contributed by atoms with Crippen molar-refractivity contribution in [2.75, 3.05) is 35.2 Å². The molecule has 3 aromatic rings. The van der Waals surface area contributed by atoms with Crippen LogP contribution in [0.15, 0.2) is 24.5 Å². The molecular weight excluding hydrogens is 470 g/mol. The van der Waals surface area contributed by atoms with Crippen LogP contribution in [0.2, 0.25) is 0 Å². The molecule has 0 aliphatic carbocycles. The number of carbonyl (C=O) groups is 2. The standard InChI is InChI=1S/C23H27N7O4S/c1-3-4-10-34-17(31)12-25-19-16-7-9-30(13-15-6-5-8-24-11-15)20(16)28-22(27-19)29-23-26-14(2)18(35-23)21(32)33/h5-6,8,11H,3-4,7,9-10,12-13H2,1-2H3,(H,32,33)(H2,25,26,27,28,29). The number of hydrogen-bond donors (Lipinski definition) is 3. The molecular formula is C23H27N7O4S. The topological polar surface area (TPSA) is 142 Å². The predicted molar refractivity (Wildman–Crippen MR) is 132 cm³/mol. The van der Waals surface area contributed by atoms with Gasteiger partial charge in [-0.15, -0.1) is 0 Å². The predicted octanol–water partition coefficient (Wildman–Crippen LogP) is 3.40. The summed E-state index contributed by atoms with van der Waals surface area (Å²) in [5.41, 5.74) is 2.36. The van der Waals surface area contributed by atoms with E-state index in [0.717, 1.165) is 47.7 Å². The number of aryl methyl sites for hydroxylation is 1. The van der Waals surface area contributed by atoms with Crippen molar-refractivity contribution in [2.45, 2.75) is 39.7 Å². The fourth-order valence-electron chi connectivity index (χ4n) is 3.67. The van der Waals surface area contributed by atoms with E-state index in [9.17, 15) is 14.7 Å². The molecule has 0 spiro atoms. The molecule has 3 aromatic heterocycles. The summed E-state index contributed by atoms with van der Waals surface area (Å²) in [5, 5.41) is 15.8. The van der Waals surface area contributed by atoms with Crippen LogP contribution >= 0.6 is 11.3 Å². The van der Waals surface area contributed by atoms with Crippen LogP contribution < -0.4 is 15.5 Å². The summed E-state index contributed by atoms with van der Waals surface area (Å²) in [7, 11) is 0. The number of thiazole rings is 1. The van der Waals surface area contributed by atoms with Gasteiger partial charge in [-0.25, -0.2) is 9.78 Å². The second-order valence-corrected chi connectivity index (χ2v) is 9.02. The van der Waals surface area contributed by atoms with Crippen LogP contribution in [0.4, 0.5) is 22.7 Å². The lowest BCUT2D eigenvalue weighted by molar-refractivity contribution is -0.141. The number of aromatic carboxylic acids is 1. The first kappa shape index (κ1) is 24.3. The van der Waals surface area contributed by atoms with E-state index in [0.29, 0.717) is 36.2 Å². The van der Waals surface area contributed by atoms with Crippen molar-refractivity contribution in [3.63, 3.8) is 0 Å². The first-order chi connectivity index (χ1) is 16.9. The van der Waals surface area contributed by atoms with Gasteiger partial charge in [0.25, 0.3) is 0 Å². The Balaban J connectivity index is 1.59. The number of nitrogens with one attached hydrogen (secondary N) is 2. The maximum atomic E-state index is 12.2. The molecule has 0 radical (unpaired) electrons. The molecule has 0 amide bonds. The van der Waals surface area contributed by atoms with Gasteiger partial charge in [0.1, 0.15) is 23.1 Å². The number of anilines is 4. The molecule has 1 aliphatic rings. The third-order valence-corrected chi connectivity index (χ3v) is 6.44. The molecule has 0 unspecified atom stereocenters. The molecule has 11 nitrogen and oxygen atoms in total. The lowest BCUT2D eigenvalue weighted by atomic mass is 10.2. The van der Waals surface area contributed by atoms with Gasteiger partial charge < -0.3 is 20.1 Å². The molecule has 4 rings (SSSR count). The minimum atomic E-state index is -1.03. The zero-order valence-electron chi connectivity index (χ0n) is 19.6. The van der Waals surface area contributed by atoms with Gasteiger partial charge in [-0.2, -0.15) is 9.97 Å². The average molecular weight is 498 g/mol. The highest BCUT2D eigenvalue weighted by molar-refractivity contribution is 7.17. The largest absolute Gasteiger partial charge is 0.477 e. The first-order valence-electron chi connectivity index (χ1n) is 11.4. The summed E-state index contributed by atoms with van der Waals surface area (Å²) >= 11 is 1.02. The lowest BCUT2D eigenvalue weighted by Gasteiger charge is -2.19. The number of hydrogen-bond acceptors (Lipinski definition) is 11. The van der Waals surface area contributed by atoms with Crippen LogP contribution in [0.25, 0.3) is 0 Å². The molecule has 0 atom stereocenters. The molecule has 35 heavy (non-hydrogen) atoms. The number of ether oxygens (including phenoxy) is 1. The van der Waals surface area contributed by atoms with Crippen molar-refractivity contribution in [1.29, 1.82) is 0 Å². The number of fused-ring (bicyclic) bond motifs is 1. The Labute approximate surface area is 206 Å². The monoisotopic (exact) mass is 497 g/mol. The Morgan fingerprint density at radius 1 is 1.29 bits per heavy atom. The van der Waals surface area contributed by atoms with Crippen molar-refractivity contribution in [2.24, 2.45) is 0 Å². The number of unbranched alkanes of at least 4 members (excludes halogenated alkanes) is 1. The molecule has 12 heteroatoms. The molecule has 0 saturated heterocycles. The Bertz CT molecular complexity index is 1200. The van der Waals surface area contributed by atoms with E-state index in [-0.39, 0.29) is 23.3 Å². The van der Waals surface area contributed by atoms with E-state index in [1.165, 1.54) is 0 Å². The Morgan fingerprint density at radius 3 is 2.86 bits per heavy atom. The second kappa shape index (κ2) is 11.1. The van der Waals surface area contributed by atoms with Crippen LogP contribution in [-0.2, 0) is 22.5 Å². The van der Waals surface area contributed by atoms with Crippen LogP contribution in [0.3, 0.4) is 0 Å². The normalized spacial score (nSPS) is 12.3. The maximum absolute atomic E-state index is 12.2. The SMILES string of the molecule is CCCCOC(=O)CNc1nc(Nc2nc(C)c(C(=O)O)s2)nc2c1CCN2Cc1cccnc1. The Kier molecular flexibility index (Phi) is 7.70. The molecule has 0 saturated carbocycles. The average Bonchev–Trinajstić information content (AvgIpc) is 3.41. The smallest absolute Gasteiger partial charge is 0.347 e. The van der Waals surface area contributed by atoms with Crippen molar-refractivity contribution in [3.05, 3.63) is 46.2 Å². The van der Waals surface area contributed by atoms with Crippen LogP contribution in [0.5, 0.6) is 0 Å². The van der Waals surface area contributed by atoms with Crippen molar-refractivity contribution in [1.82, 2.24) is 19.9 Å². The van der Waals surface area contributed by atoms with E-state index in [1.54, 1.807) is 13.1 Å². The first-order valence-corrected chi connectivity index (χ1v) is 12.2. The summed E-state index contributed by atoms with van der Waals surface area (Å²) in [6.07, 6.45) is 6.02. The van der Waals surface area contributed by atoms with E-state index in [2.05, 4.69) is 30.5 Å². The Hall–Kier alpha value is -3.80. The summed E-state index contributed by atoms with van der Waals surface area (Å²) in [4.78, 5) is 43.6. The fraction of sp³-hybridized carbons (Fsp3) is 0.391. The molecule has 0 bridgehead atoms. The van der Waals surface area contributed by atoms with Crippen molar-refractivity contribution in [3.8, 4) is 0 Å². The van der Waals surface area contributed by atoms with Crippen molar-refractivity contribution >= 4 is 46.0 Å². The van der Waals surface area contributed by atoms with Gasteiger partial charge in [0, 0.05) is 31.0 Å². The number of rotatable bonds is 11. The number of esters is 1. The molecule has 4 heterocycles. The summed E-state index contributed by atoms with van der Waals surface area (Å²) in [6.45, 7) is 5.40. The van der Waals surface area contributed by atoms with Crippen LogP contribution in [0.1, 0.15) is 46.3 Å². The van der Waals surface area contributed by atoms with Gasteiger partial charge >= 0.3 is 11.9 Å². The summed E-state index contributed by atoms with van der Waals surface area (Å²) < 4.78 is 5.25. The lowest BCUT2D eigenvalue weighted by Crippen LogP contribution is -2.21. The molecule has 3 N–H and O–H groups in total. The van der Waals surface area contributed by atoms with Gasteiger partial charge in [0.2, 0.25) is 5.95 Å². The third kappa shape index (κ3) is 6.01.